The van der Waals surface area contributed by atoms with Crippen molar-refractivity contribution in [3.8, 4) is 0 Å². The summed E-state index contributed by atoms with van der Waals surface area (Å²) in [5.74, 6) is 0. The first-order chi connectivity index (χ1) is 7.75. The van der Waals surface area contributed by atoms with E-state index in [1.807, 2.05) is 30.3 Å². The van der Waals surface area contributed by atoms with Crippen molar-refractivity contribution < 1.29 is 0 Å². The molecule has 0 aliphatic carbocycles. The van der Waals surface area contributed by atoms with E-state index in [4.69, 9.17) is 0 Å². The zero-order valence-corrected chi connectivity index (χ0v) is 9.19. The number of hydrogen-bond donors (Lipinski definition) is 0. The molecule has 0 aromatic heterocycles. The lowest BCUT2D eigenvalue weighted by Gasteiger charge is -1.99. The molecule has 0 saturated carbocycles. The maximum Gasteiger partial charge on any atom is -0.0224 e. The van der Waals surface area contributed by atoms with Crippen LogP contribution in [0.15, 0.2) is 48.5 Å². The molecule has 2 rings (SSSR count). The quantitative estimate of drug-likeness (QED) is 0.645. The standard InChI is InChI=1S/C16H14/c1-13-6-5-8-15(12-13)10-11-16-9-4-3-7-14(16)2/h3-12H,1-2H2/b11-10+. The third kappa shape index (κ3) is 2.60. The van der Waals surface area contributed by atoms with Gasteiger partial charge in [0.15, 0.2) is 0 Å². The van der Waals surface area contributed by atoms with E-state index in [0.717, 1.165) is 22.3 Å². The average molecular weight is 206 g/mol. The number of hydrogen-bond acceptors (Lipinski definition) is 0. The first-order valence-corrected chi connectivity index (χ1v) is 5.27. The zero-order valence-electron chi connectivity index (χ0n) is 9.19. The monoisotopic (exact) mass is 206 g/mol. The van der Waals surface area contributed by atoms with Crippen LogP contribution in [0.2, 0.25) is 0 Å². The Labute approximate surface area is 97.3 Å². The van der Waals surface area contributed by atoms with Crippen molar-refractivity contribution in [1.29, 1.82) is 0 Å². The largest absolute Gasteiger partial charge is 0.0620 e. The van der Waals surface area contributed by atoms with Gasteiger partial charge in [-0.3, -0.25) is 0 Å². The second kappa shape index (κ2) is 4.80. The summed E-state index contributed by atoms with van der Waals surface area (Å²) in [6.45, 7) is 7.89. The third-order valence-corrected chi connectivity index (χ3v) is 2.46. The van der Waals surface area contributed by atoms with Crippen molar-refractivity contribution in [3.05, 3.63) is 84.6 Å². The lowest BCUT2D eigenvalue weighted by atomic mass is 10.1. The summed E-state index contributed by atoms with van der Waals surface area (Å²) < 4.78 is 0. The van der Waals surface area contributed by atoms with E-state index in [2.05, 4.69) is 44.2 Å². The lowest BCUT2D eigenvalue weighted by molar-refractivity contribution is 1.56. The van der Waals surface area contributed by atoms with Crippen molar-refractivity contribution in [2.75, 3.05) is 0 Å². The van der Waals surface area contributed by atoms with E-state index in [1.54, 1.807) is 0 Å². The third-order valence-electron chi connectivity index (χ3n) is 2.46. The molecule has 2 radical (unpaired) electrons. The van der Waals surface area contributed by atoms with Crippen LogP contribution in [-0.4, -0.2) is 0 Å². The van der Waals surface area contributed by atoms with E-state index in [-0.39, 0.29) is 0 Å². The first kappa shape index (κ1) is 10.7. The Balaban J connectivity index is 2.25. The molecule has 0 spiro atoms. The summed E-state index contributed by atoms with van der Waals surface area (Å²) >= 11 is 0. The molecule has 2 aromatic carbocycles. The van der Waals surface area contributed by atoms with E-state index >= 15 is 0 Å². The topological polar surface area (TPSA) is 0 Å². The Morgan fingerprint density at radius 3 is 2.38 bits per heavy atom. The van der Waals surface area contributed by atoms with Gasteiger partial charge in [-0.15, -0.1) is 0 Å². The summed E-state index contributed by atoms with van der Waals surface area (Å²) in [5, 5.41) is 0. The second-order valence-electron chi connectivity index (χ2n) is 3.78. The van der Waals surface area contributed by atoms with Gasteiger partial charge in [0, 0.05) is 0 Å². The van der Waals surface area contributed by atoms with Crippen LogP contribution in [0.3, 0.4) is 0 Å². The Bertz CT molecular complexity index is 507. The molecule has 0 amide bonds. The number of rotatable bonds is 2. The highest BCUT2D eigenvalue weighted by Crippen LogP contribution is 2.12. The van der Waals surface area contributed by atoms with Gasteiger partial charge < -0.3 is 0 Å². The molecule has 0 unspecified atom stereocenters. The van der Waals surface area contributed by atoms with Crippen LogP contribution >= 0.6 is 0 Å². The van der Waals surface area contributed by atoms with Gasteiger partial charge in [-0.1, -0.05) is 60.7 Å². The Morgan fingerprint density at radius 1 is 0.812 bits per heavy atom. The van der Waals surface area contributed by atoms with Crippen LogP contribution in [0, 0.1) is 13.8 Å². The maximum absolute atomic E-state index is 3.99. The van der Waals surface area contributed by atoms with Crippen LogP contribution < -0.4 is 0 Å². The van der Waals surface area contributed by atoms with Crippen LogP contribution in [0.5, 0.6) is 0 Å². The summed E-state index contributed by atoms with van der Waals surface area (Å²) in [6.07, 6.45) is 4.16. The van der Waals surface area contributed by atoms with Gasteiger partial charge in [0.05, 0.1) is 0 Å². The normalized spacial score (nSPS) is 10.9. The zero-order chi connectivity index (χ0) is 11.4. The van der Waals surface area contributed by atoms with E-state index in [0.29, 0.717) is 0 Å². The highest BCUT2D eigenvalue weighted by atomic mass is 14.0. The Kier molecular flexibility index (Phi) is 3.21. The average Bonchev–Trinajstić information content (AvgIpc) is 2.28. The van der Waals surface area contributed by atoms with Crippen molar-refractivity contribution >= 4 is 12.2 Å². The predicted octanol–water partition coefficient (Wildman–Crippen LogP) is 4.22. The SMILES string of the molecule is [CH2]c1cccc(/C=C/c2ccccc2[CH2])c1. The lowest BCUT2D eigenvalue weighted by Crippen LogP contribution is -1.79. The molecule has 0 saturated heterocycles. The molecule has 78 valence electrons. The highest BCUT2D eigenvalue weighted by molar-refractivity contribution is 5.71. The molecule has 2 aromatic rings. The minimum Gasteiger partial charge on any atom is -0.0620 e. The summed E-state index contributed by atoms with van der Waals surface area (Å²) in [5.41, 5.74) is 4.39. The molecule has 0 heteroatoms. The molecule has 0 N–H and O–H groups in total. The maximum atomic E-state index is 3.99. The summed E-state index contributed by atoms with van der Waals surface area (Å²) in [6, 6.07) is 16.2. The molecule has 0 fully saturated rings. The summed E-state index contributed by atoms with van der Waals surface area (Å²) in [4.78, 5) is 0. The van der Waals surface area contributed by atoms with Crippen molar-refractivity contribution in [1.82, 2.24) is 0 Å². The second-order valence-corrected chi connectivity index (χ2v) is 3.78. The fraction of sp³-hybridized carbons (Fsp3) is 0. The van der Waals surface area contributed by atoms with Gasteiger partial charge in [0.25, 0.3) is 0 Å². The molecule has 0 aliphatic rings. The van der Waals surface area contributed by atoms with Crippen LogP contribution in [0.4, 0.5) is 0 Å². The molecule has 0 atom stereocenters. The molecule has 0 bridgehead atoms. The molecule has 16 heavy (non-hydrogen) atoms. The highest BCUT2D eigenvalue weighted by Gasteiger charge is 1.92. The Morgan fingerprint density at radius 2 is 1.62 bits per heavy atom. The molecule has 0 heterocycles. The van der Waals surface area contributed by atoms with E-state index in [9.17, 15) is 0 Å². The van der Waals surface area contributed by atoms with Gasteiger partial charge in [0.2, 0.25) is 0 Å². The van der Waals surface area contributed by atoms with Crippen LogP contribution in [-0.2, 0) is 0 Å². The van der Waals surface area contributed by atoms with Crippen molar-refractivity contribution in [3.63, 3.8) is 0 Å². The summed E-state index contributed by atoms with van der Waals surface area (Å²) in [7, 11) is 0. The van der Waals surface area contributed by atoms with Crippen molar-refractivity contribution in [2.24, 2.45) is 0 Å². The van der Waals surface area contributed by atoms with Gasteiger partial charge in [0.1, 0.15) is 0 Å². The van der Waals surface area contributed by atoms with Gasteiger partial charge in [-0.05, 0) is 36.1 Å². The Hall–Kier alpha value is -1.82. The molecular formula is C16H14. The predicted molar refractivity (Wildman–Crippen MR) is 70.7 cm³/mol. The fourth-order valence-corrected chi connectivity index (χ4v) is 1.58. The van der Waals surface area contributed by atoms with Crippen LogP contribution in [0.1, 0.15) is 22.3 Å². The number of benzene rings is 2. The molecular weight excluding hydrogens is 192 g/mol. The van der Waals surface area contributed by atoms with E-state index in [1.165, 1.54) is 0 Å². The molecule has 0 aliphatic heterocycles. The van der Waals surface area contributed by atoms with E-state index < -0.39 is 0 Å². The van der Waals surface area contributed by atoms with Gasteiger partial charge in [-0.2, -0.15) is 0 Å². The smallest absolute Gasteiger partial charge is 0.0224 e. The van der Waals surface area contributed by atoms with Gasteiger partial charge in [-0.25, -0.2) is 0 Å². The van der Waals surface area contributed by atoms with Gasteiger partial charge >= 0.3 is 0 Å². The van der Waals surface area contributed by atoms with Crippen molar-refractivity contribution in [2.45, 2.75) is 0 Å². The minimum atomic E-state index is 1.03. The minimum absolute atomic E-state index is 1.03. The first-order valence-electron chi connectivity index (χ1n) is 5.27. The fourth-order valence-electron chi connectivity index (χ4n) is 1.58. The van der Waals surface area contributed by atoms with Crippen LogP contribution in [0.25, 0.3) is 12.2 Å². The molecule has 0 nitrogen and oxygen atoms in total.